The molecule has 174 valence electrons. The first kappa shape index (κ1) is 22.9. The summed E-state index contributed by atoms with van der Waals surface area (Å²) in [5.41, 5.74) is 0.602. The number of carbonyl (C=O) groups is 1. The predicted molar refractivity (Wildman–Crippen MR) is 120 cm³/mol. The third kappa shape index (κ3) is 5.38. The molecule has 0 unspecified atom stereocenters. The number of carbonyl (C=O) groups excluding carboxylic acids is 1. The van der Waals surface area contributed by atoms with Gasteiger partial charge in [0.05, 0.1) is 4.90 Å². The Kier molecular flexibility index (Phi) is 7.25. The Morgan fingerprint density at radius 2 is 1.62 bits per heavy atom. The van der Waals surface area contributed by atoms with E-state index >= 15 is 0 Å². The number of benzene rings is 1. The van der Waals surface area contributed by atoms with E-state index in [2.05, 4.69) is 22.4 Å². The van der Waals surface area contributed by atoms with Crippen LogP contribution in [0, 0.1) is 5.92 Å². The highest BCUT2D eigenvalue weighted by atomic mass is 32.2. The van der Waals surface area contributed by atoms with Crippen LogP contribution in [-0.2, 0) is 10.0 Å². The summed E-state index contributed by atoms with van der Waals surface area (Å²) < 4.78 is 32.5. The van der Waals surface area contributed by atoms with Gasteiger partial charge in [0, 0.05) is 24.7 Å². The molecule has 2 heterocycles. The first-order valence-corrected chi connectivity index (χ1v) is 13.1. The van der Waals surface area contributed by atoms with Crippen LogP contribution in [0.5, 0.6) is 0 Å². The SMILES string of the molecule is CC1CCN(S(=O)(=O)c2ccc(-c3noc(C(=O)NC4CCCCCCC4)n3)cc2)CC1. The van der Waals surface area contributed by atoms with Crippen molar-refractivity contribution in [3.8, 4) is 11.4 Å². The molecule has 0 bridgehead atoms. The van der Waals surface area contributed by atoms with Gasteiger partial charge in [0.25, 0.3) is 0 Å². The second kappa shape index (κ2) is 10.1. The number of amides is 1. The van der Waals surface area contributed by atoms with Crippen molar-refractivity contribution in [2.24, 2.45) is 5.92 Å². The van der Waals surface area contributed by atoms with E-state index in [4.69, 9.17) is 4.52 Å². The fraction of sp³-hybridized carbons (Fsp3) is 0.609. The summed E-state index contributed by atoms with van der Waals surface area (Å²) in [5.74, 6) is 0.401. The maximum Gasteiger partial charge on any atom is 0.316 e. The van der Waals surface area contributed by atoms with Gasteiger partial charge >= 0.3 is 11.8 Å². The molecule has 1 amide bonds. The van der Waals surface area contributed by atoms with Gasteiger partial charge in [0.1, 0.15) is 0 Å². The van der Waals surface area contributed by atoms with E-state index in [-0.39, 0.29) is 28.6 Å². The number of hydrogen-bond acceptors (Lipinski definition) is 6. The van der Waals surface area contributed by atoms with Crippen molar-refractivity contribution >= 4 is 15.9 Å². The Labute approximate surface area is 189 Å². The standard InChI is InChI=1S/C23H32N4O4S/c1-17-13-15-27(16-14-17)32(29,30)20-11-9-18(10-12-20)21-25-23(31-26-21)22(28)24-19-7-5-3-2-4-6-8-19/h9-12,17,19H,2-8,13-16H2,1H3,(H,24,28). The maximum absolute atomic E-state index is 12.9. The summed E-state index contributed by atoms with van der Waals surface area (Å²) in [6.45, 7) is 3.25. The highest BCUT2D eigenvalue weighted by molar-refractivity contribution is 7.89. The molecular formula is C23H32N4O4S. The quantitative estimate of drug-likeness (QED) is 0.723. The molecule has 1 aliphatic carbocycles. The number of sulfonamides is 1. The Hall–Kier alpha value is -2.26. The number of rotatable bonds is 5. The number of aromatic nitrogens is 2. The molecule has 9 heteroatoms. The number of nitrogens with one attached hydrogen (secondary N) is 1. The molecule has 1 saturated carbocycles. The lowest BCUT2D eigenvalue weighted by Gasteiger charge is -2.29. The number of nitrogens with zero attached hydrogens (tertiary/aromatic N) is 3. The highest BCUT2D eigenvalue weighted by Gasteiger charge is 2.28. The summed E-state index contributed by atoms with van der Waals surface area (Å²) in [6, 6.07) is 6.57. The van der Waals surface area contributed by atoms with Gasteiger partial charge in [0.2, 0.25) is 15.8 Å². The van der Waals surface area contributed by atoms with Gasteiger partial charge in [-0.1, -0.05) is 44.2 Å². The molecule has 1 saturated heterocycles. The third-order valence-electron chi connectivity index (χ3n) is 6.55. The first-order chi connectivity index (χ1) is 15.4. The van der Waals surface area contributed by atoms with Crippen LogP contribution >= 0.6 is 0 Å². The van der Waals surface area contributed by atoms with Crippen molar-refractivity contribution in [2.45, 2.75) is 75.6 Å². The minimum absolute atomic E-state index is 0.0683. The molecule has 1 N–H and O–H groups in total. The molecule has 2 fully saturated rings. The summed E-state index contributed by atoms with van der Waals surface area (Å²) >= 11 is 0. The van der Waals surface area contributed by atoms with E-state index in [1.165, 1.54) is 19.3 Å². The van der Waals surface area contributed by atoms with Crippen LogP contribution in [0.2, 0.25) is 0 Å². The first-order valence-electron chi connectivity index (χ1n) is 11.7. The van der Waals surface area contributed by atoms with E-state index in [1.54, 1.807) is 28.6 Å². The Morgan fingerprint density at radius 3 is 2.28 bits per heavy atom. The van der Waals surface area contributed by atoms with Crippen LogP contribution in [-0.4, -0.2) is 47.9 Å². The van der Waals surface area contributed by atoms with Gasteiger partial charge in [-0.05, 0) is 55.9 Å². The van der Waals surface area contributed by atoms with Crippen molar-refractivity contribution in [3.05, 3.63) is 30.2 Å². The molecule has 8 nitrogen and oxygen atoms in total. The summed E-state index contributed by atoms with van der Waals surface area (Å²) in [6.07, 6.45) is 9.62. The fourth-order valence-electron chi connectivity index (χ4n) is 4.43. The Bertz CT molecular complexity index is 1000. The van der Waals surface area contributed by atoms with Crippen molar-refractivity contribution in [1.29, 1.82) is 0 Å². The zero-order chi connectivity index (χ0) is 22.6. The average molecular weight is 461 g/mol. The lowest BCUT2D eigenvalue weighted by atomic mass is 9.97. The number of hydrogen-bond donors (Lipinski definition) is 1. The minimum atomic E-state index is -3.51. The summed E-state index contributed by atoms with van der Waals surface area (Å²) in [5, 5.41) is 6.93. The van der Waals surface area contributed by atoms with Crippen LogP contribution < -0.4 is 5.32 Å². The van der Waals surface area contributed by atoms with Crippen LogP contribution in [0.3, 0.4) is 0 Å². The maximum atomic E-state index is 12.9. The molecule has 4 rings (SSSR count). The lowest BCUT2D eigenvalue weighted by molar-refractivity contribution is 0.0886. The molecule has 0 atom stereocenters. The van der Waals surface area contributed by atoms with Gasteiger partial charge in [-0.25, -0.2) is 8.42 Å². The Balaban J connectivity index is 1.41. The average Bonchev–Trinajstić information content (AvgIpc) is 3.26. The predicted octanol–water partition coefficient (Wildman–Crippen LogP) is 4.00. The highest BCUT2D eigenvalue weighted by Crippen LogP contribution is 2.25. The second-order valence-corrected chi connectivity index (χ2v) is 11.0. The lowest BCUT2D eigenvalue weighted by Crippen LogP contribution is -2.37. The van der Waals surface area contributed by atoms with Gasteiger partial charge in [-0.2, -0.15) is 9.29 Å². The second-order valence-electron chi connectivity index (χ2n) is 9.05. The van der Waals surface area contributed by atoms with Gasteiger partial charge in [-0.3, -0.25) is 4.79 Å². The summed E-state index contributed by atoms with van der Waals surface area (Å²) in [4.78, 5) is 17.0. The largest absolute Gasteiger partial charge is 0.345 e. The fourth-order valence-corrected chi connectivity index (χ4v) is 5.90. The van der Waals surface area contributed by atoms with Crippen LogP contribution in [0.1, 0.15) is 75.4 Å². The van der Waals surface area contributed by atoms with E-state index in [9.17, 15) is 13.2 Å². The smallest absolute Gasteiger partial charge is 0.316 e. The normalized spacial score (nSPS) is 19.9. The molecule has 1 aliphatic heterocycles. The molecule has 0 radical (unpaired) electrons. The molecule has 2 aliphatic rings. The van der Waals surface area contributed by atoms with Gasteiger partial charge in [0.15, 0.2) is 0 Å². The summed E-state index contributed by atoms with van der Waals surface area (Å²) in [7, 11) is -3.51. The van der Waals surface area contributed by atoms with Crippen molar-refractivity contribution in [2.75, 3.05) is 13.1 Å². The topological polar surface area (TPSA) is 105 Å². The molecule has 2 aromatic rings. The molecule has 1 aromatic heterocycles. The van der Waals surface area contributed by atoms with Crippen LogP contribution in [0.4, 0.5) is 0 Å². The molecule has 1 aromatic carbocycles. The van der Waals surface area contributed by atoms with Crippen molar-refractivity contribution in [3.63, 3.8) is 0 Å². The van der Waals surface area contributed by atoms with E-state index in [0.29, 0.717) is 24.6 Å². The van der Waals surface area contributed by atoms with Crippen molar-refractivity contribution < 1.29 is 17.7 Å². The minimum Gasteiger partial charge on any atom is -0.345 e. The van der Waals surface area contributed by atoms with E-state index in [0.717, 1.165) is 38.5 Å². The zero-order valence-corrected chi connectivity index (χ0v) is 19.4. The molecular weight excluding hydrogens is 428 g/mol. The van der Waals surface area contributed by atoms with E-state index < -0.39 is 10.0 Å². The monoisotopic (exact) mass is 460 g/mol. The number of piperidine rings is 1. The van der Waals surface area contributed by atoms with Crippen LogP contribution in [0.15, 0.2) is 33.7 Å². The molecule has 32 heavy (non-hydrogen) atoms. The zero-order valence-electron chi connectivity index (χ0n) is 18.6. The molecule has 0 spiro atoms. The third-order valence-corrected chi connectivity index (χ3v) is 8.47. The van der Waals surface area contributed by atoms with E-state index in [1.807, 2.05) is 0 Å². The van der Waals surface area contributed by atoms with Crippen molar-refractivity contribution in [1.82, 2.24) is 19.8 Å². The Morgan fingerprint density at radius 1 is 1.00 bits per heavy atom. The van der Waals surface area contributed by atoms with Gasteiger partial charge in [-0.15, -0.1) is 0 Å². The van der Waals surface area contributed by atoms with Crippen LogP contribution in [0.25, 0.3) is 11.4 Å². The van der Waals surface area contributed by atoms with Gasteiger partial charge < -0.3 is 9.84 Å².